The van der Waals surface area contributed by atoms with Crippen LogP contribution < -0.4 is 10.2 Å². The van der Waals surface area contributed by atoms with E-state index in [4.69, 9.17) is 13.9 Å². The molecule has 1 aromatic heterocycles. The predicted molar refractivity (Wildman–Crippen MR) is 109 cm³/mol. The zero-order valence-electron chi connectivity index (χ0n) is 15.9. The lowest BCUT2D eigenvalue weighted by Gasteiger charge is -2.28. The minimum atomic E-state index is -0.273. The SMILES string of the molecule is CCOCc1c(C(=O)Nc2ccc(N3CCOCC3)cc2)oc2ccccc12. The number of hydrogen-bond donors (Lipinski definition) is 1. The van der Waals surface area contributed by atoms with Crippen molar-refractivity contribution in [3.63, 3.8) is 0 Å². The van der Waals surface area contributed by atoms with Crippen LogP contribution in [0.3, 0.4) is 0 Å². The van der Waals surface area contributed by atoms with Crippen molar-refractivity contribution >= 4 is 28.3 Å². The minimum absolute atomic E-state index is 0.273. The molecule has 0 atom stereocenters. The van der Waals surface area contributed by atoms with Gasteiger partial charge in [0.25, 0.3) is 5.91 Å². The number of fused-ring (bicyclic) bond motifs is 1. The lowest BCUT2D eigenvalue weighted by molar-refractivity contribution is 0.0984. The van der Waals surface area contributed by atoms with Crippen molar-refractivity contribution in [2.45, 2.75) is 13.5 Å². The van der Waals surface area contributed by atoms with E-state index in [1.807, 2.05) is 55.5 Å². The van der Waals surface area contributed by atoms with E-state index in [0.717, 1.165) is 48.6 Å². The Morgan fingerprint density at radius 1 is 1.11 bits per heavy atom. The Labute approximate surface area is 164 Å². The zero-order chi connectivity index (χ0) is 19.3. The van der Waals surface area contributed by atoms with E-state index >= 15 is 0 Å². The Kier molecular flexibility index (Phi) is 5.60. The number of ether oxygens (including phenoxy) is 2. The third-order valence-corrected chi connectivity index (χ3v) is 4.86. The molecule has 0 aliphatic carbocycles. The molecule has 1 aliphatic heterocycles. The standard InChI is InChI=1S/C22H24N2O4/c1-2-26-15-19-18-5-3-4-6-20(18)28-21(19)22(25)23-16-7-9-17(10-8-16)24-11-13-27-14-12-24/h3-10H,2,11-15H2,1H3,(H,23,25). The van der Waals surface area contributed by atoms with Gasteiger partial charge in [0.1, 0.15) is 5.58 Å². The van der Waals surface area contributed by atoms with Crippen molar-refractivity contribution in [3.05, 3.63) is 59.9 Å². The minimum Gasteiger partial charge on any atom is -0.451 e. The Bertz CT molecular complexity index is 943. The molecule has 1 saturated heterocycles. The van der Waals surface area contributed by atoms with Crippen LogP contribution in [-0.4, -0.2) is 38.8 Å². The molecule has 2 aromatic carbocycles. The van der Waals surface area contributed by atoms with Crippen molar-refractivity contribution in [2.24, 2.45) is 0 Å². The molecule has 6 nitrogen and oxygen atoms in total. The van der Waals surface area contributed by atoms with Crippen LogP contribution in [-0.2, 0) is 16.1 Å². The fourth-order valence-electron chi connectivity index (χ4n) is 3.39. The molecule has 28 heavy (non-hydrogen) atoms. The van der Waals surface area contributed by atoms with Crippen molar-refractivity contribution in [3.8, 4) is 0 Å². The van der Waals surface area contributed by atoms with Gasteiger partial charge in [-0.2, -0.15) is 0 Å². The van der Waals surface area contributed by atoms with Gasteiger partial charge in [-0.05, 0) is 37.3 Å². The third-order valence-electron chi connectivity index (χ3n) is 4.86. The number of benzene rings is 2. The normalized spacial score (nSPS) is 14.4. The first-order valence-electron chi connectivity index (χ1n) is 9.58. The second-order valence-electron chi connectivity index (χ2n) is 6.64. The molecule has 1 aliphatic rings. The van der Waals surface area contributed by atoms with E-state index < -0.39 is 0 Å². The quantitative estimate of drug-likeness (QED) is 0.699. The van der Waals surface area contributed by atoms with Crippen LogP contribution >= 0.6 is 0 Å². The summed E-state index contributed by atoms with van der Waals surface area (Å²) in [7, 11) is 0. The smallest absolute Gasteiger partial charge is 0.291 e. The summed E-state index contributed by atoms with van der Waals surface area (Å²) in [6.45, 7) is 6.09. The van der Waals surface area contributed by atoms with Crippen LogP contribution in [0.2, 0.25) is 0 Å². The molecule has 6 heteroatoms. The third kappa shape index (κ3) is 3.88. The van der Waals surface area contributed by atoms with E-state index in [0.29, 0.717) is 24.6 Å². The number of morpholine rings is 1. The van der Waals surface area contributed by atoms with E-state index in [9.17, 15) is 4.79 Å². The highest BCUT2D eigenvalue weighted by Crippen LogP contribution is 2.28. The number of para-hydroxylation sites is 1. The molecule has 0 radical (unpaired) electrons. The lowest BCUT2D eigenvalue weighted by atomic mass is 10.1. The number of nitrogens with one attached hydrogen (secondary N) is 1. The first-order chi connectivity index (χ1) is 13.8. The van der Waals surface area contributed by atoms with Gasteiger partial charge in [-0.15, -0.1) is 0 Å². The number of hydrogen-bond acceptors (Lipinski definition) is 5. The van der Waals surface area contributed by atoms with Crippen molar-refractivity contribution in [2.75, 3.05) is 43.1 Å². The highest BCUT2D eigenvalue weighted by molar-refractivity contribution is 6.06. The predicted octanol–water partition coefficient (Wildman–Crippen LogP) is 4.06. The zero-order valence-corrected chi connectivity index (χ0v) is 15.9. The van der Waals surface area contributed by atoms with Gasteiger partial charge in [-0.3, -0.25) is 4.79 Å². The monoisotopic (exact) mass is 380 g/mol. The summed E-state index contributed by atoms with van der Waals surface area (Å²) in [6, 6.07) is 15.5. The van der Waals surface area contributed by atoms with Crippen LogP contribution in [0.4, 0.5) is 11.4 Å². The molecule has 3 aromatic rings. The topological polar surface area (TPSA) is 63.9 Å². The van der Waals surface area contributed by atoms with E-state index in [-0.39, 0.29) is 5.91 Å². The number of rotatable bonds is 6. The maximum Gasteiger partial charge on any atom is 0.291 e. The molecule has 1 amide bonds. The maximum absolute atomic E-state index is 12.9. The molecule has 0 saturated carbocycles. The fraction of sp³-hybridized carbons (Fsp3) is 0.318. The van der Waals surface area contributed by atoms with Gasteiger partial charge >= 0.3 is 0 Å². The molecule has 1 fully saturated rings. The van der Waals surface area contributed by atoms with Gasteiger partial charge in [-0.25, -0.2) is 0 Å². The van der Waals surface area contributed by atoms with Crippen LogP contribution in [0.15, 0.2) is 52.9 Å². The average molecular weight is 380 g/mol. The lowest BCUT2D eigenvalue weighted by Crippen LogP contribution is -2.36. The van der Waals surface area contributed by atoms with Crippen LogP contribution in [0.25, 0.3) is 11.0 Å². The first-order valence-corrected chi connectivity index (χ1v) is 9.58. The summed E-state index contributed by atoms with van der Waals surface area (Å²) in [5, 5.41) is 3.84. The second-order valence-corrected chi connectivity index (χ2v) is 6.64. The molecule has 0 spiro atoms. The number of furan rings is 1. The van der Waals surface area contributed by atoms with Gasteiger partial charge in [0.2, 0.25) is 0 Å². The number of nitrogens with zero attached hydrogens (tertiary/aromatic N) is 1. The highest BCUT2D eigenvalue weighted by Gasteiger charge is 2.21. The number of anilines is 2. The van der Waals surface area contributed by atoms with Crippen LogP contribution in [0, 0.1) is 0 Å². The molecular formula is C22H24N2O4. The molecular weight excluding hydrogens is 356 g/mol. The Morgan fingerprint density at radius 3 is 2.61 bits per heavy atom. The maximum atomic E-state index is 12.9. The molecule has 2 heterocycles. The van der Waals surface area contributed by atoms with Crippen molar-refractivity contribution in [1.29, 1.82) is 0 Å². The summed E-state index contributed by atoms with van der Waals surface area (Å²) in [4.78, 5) is 15.1. The Morgan fingerprint density at radius 2 is 1.86 bits per heavy atom. The second kappa shape index (κ2) is 8.46. The number of amides is 1. The van der Waals surface area contributed by atoms with Gasteiger partial charge in [-0.1, -0.05) is 18.2 Å². The Balaban J connectivity index is 1.53. The van der Waals surface area contributed by atoms with Gasteiger partial charge in [0, 0.05) is 42.0 Å². The first kappa shape index (κ1) is 18.5. The van der Waals surface area contributed by atoms with E-state index in [1.165, 1.54) is 0 Å². The molecule has 0 bridgehead atoms. The molecule has 146 valence electrons. The largest absolute Gasteiger partial charge is 0.451 e. The summed E-state index contributed by atoms with van der Waals surface area (Å²) in [5.74, 6) is 0.0249. The number of carbonyl (C=O) groups excluding carboxylic acids is 1. The van der Waals surface area contributed by atoms with E-state index in [1.54, 1.807) is 0 Å². The summed E-state index contributed by atoms with van der Waals surface area (Å²) < 4.78 is 16.8. The Hall–Kier alpha value is -2.83. The summed E-state index contributed by atoms with van der Waals surface area (Å²) in [6.07, 6.45) is 0. The summed E-state index contributed by atoms with van der Waals surface area (Å²) in [5.41, 5.74) is 3.32. The fourth-order valence-corrected chi connectivity index (χ4v) is 3.39. The highest BCUT2D eigenvalue weighted by atomic mass is 16.5. The number of carbonyl (C=O) groups is 1. The van der Waals surface area contributed by atoms with Gasteiger partial charge in [0.15, 0.2) is 5.76 Å². The molecule has 1 N–H and O–H groups in total. The van der Waals surface area contributed by atoms with Crippen molar-refractivity contribution in [1.82, 2.24) is 0 Å². The average Bonchev–Trinajstić information content (AvgIpc) is 3.12. The molecule has 0 unspecified atom stereocenters. The van der Waals surface area contributed by atoms with Crippen LogP contribution in [0.1, 0.15) is 23.0 Å². The van der Waals surface area contributed by atoms with Crippen molar-refractivity contribution < 1.29 is 18.7 Å². The summed E-state index contributed by atoms with van der Waals surface area (Å²) >= 11 is 0. The van der Waals surface area contributed by atoms with Crippen LogP contribution in [0.5, 0.6) is 0 Å². The molecule has 4 rings (SSSR count). The van der Waals surface area contributed by atoms with Gasteiger partial charge in [0.05, 0.1) is 19.8 Å². The van der Waals surface area contributed by atoms with Gasteiger partial charge < -0.3 is 24.1 Å². The van der Waals surface area contributed by atoms with E-state index in [2.05, 4.69) is 10.2 Å².